The molecule has 0 spiro atoms. The zero-order chi connectivity index (χ0) is 38.5. The van der Waals surface area contributed by atoms with Crippen LogP contribution in [0.4, 0.5) is 26.3 Å². The van der Waals surface area contributed by atoms with E-state index in [9.17, 15) is 16.8 Å². The van der Waals surface area contributed by atoms with Crippen LogP contribution in [0.3, 0.4) is 0 Å². The van der Waals surface area contributed by atoms with Crippen molar-refractivity contribution in [3.8, 4) is 22.3 Å². The van der Waals surface area contributed by atoms with Crippen molar-refractivity contribution in [2.24, 2.45) is 11.8 Å². The number of hydrogen-bond acceptors (Lipinski definition) is 4. The van der Waals surface area contributed by atoms with Gasteiger partial charge in [-0.05, 0) is 59.1 Å². The molecule has 53 heavy (non-hydrogen) atoms. The quantitative estimate of drug-likeness (QED) is 0.167. The standard InChI is InChI=1S/C41H34F6O4S2/c1-23(2)19-33-35(29-17-15-27(21-31(29)52(33,48)49)25-11-7-5-8-12-25)37-38(40(44,45)41(46,47)39(37,42)43)36-30-18-16-28(26-13-9-6-10-14-26)22-32(30)53(50,51)34(36)20-24(3)4/h5-18,21-24H,19-20H2,1-4H3. The first-order chi connectivity index (χ1) is 24.7. The molecule has 0 N–H and O–H groups in total. The summed E-state index contributed by atoms with van der Waals surface area (Å²) in [6.45, 7) is 6.32. The van der Waals surface area contributed by atoms with Crippen molar-refractivity contribution in [2.75, 3.05) is 0 Å². The van der Waals surface area contributed by atoms with E-state index in [0.717, 1.165) is 0 Å². The van der Waals surface area contributed by atoms with Gasteiger partial charge in [-0.3, -0.25) is 0 Å². The number of sulfone groups is 2. The van der Waals surface area contributed by atoms with Crippen LogP contribution in [0.15, 0.2) is 128 Å². The highest BCUT2D eigenvalue weighted by Crippen LogP contribution is 2.68. The highest BCUT2D eigenvalue weighted by Gasteiger charge is 2.81. The maximum absolute atomic E-state index is 16.6. The van der Waals surface area contributed by atoms with E-state index < -0.39 is 115 Å². The van der Waals surface area contributed by atoms with E-state index in [1.54, 1.807) is 88.4 Å². The summed E-state index contributed by atoms with van der Waals surface area (Å²) < 4.78 is 155. The van der Waals surface area contributed by atoms with E-state index in [-0.39, 0.29) is 0 Å². The Hall–Kier alpha value is -4.42. The van der Waals surface area contributed by atoms with Crippen LogP contribution >= 0.6 is 0 Å². The van der Waals surface area contributed by atoms with E-state index in [1.807, 2.05) is 0 Å². The fourth-order valence-corrected chi connectivity index (χ4v) is 11.5. The fraction of sp³-hybridized carbons (Fsp3) is 0.268. The Morgan fingerprint density at radius 1 is 0.491 bits per heavy atom. The maximum Gasteiger partial charge on any atom is 0.380 e. The van der Waals surface area contributed by atoms with Gasteiger partial charge >= 0.3 is 17.8 Å². The third-order valence-electron chi connectivity index (χ3n) is 9.86. The third kappa shape index (κ3) is 5.38. The molecule has 0 saturated carbocycles. The fourth-order valence-electron chi connectivity index (χ4n) is 7.46. The Bertz CT molecular complexity index is 2330. The molecule has 0 aromatic heterocycles. The third-order valence-corrected chi connectivity index (χ3v) is 13.7. The second-order valence-electron chi connectivity index (χ2n) is 14.4. The molecule has 0 unspecified atom stereocenters. The van der Waals surface area contributed by atoms with E-state index >= 15 is 26.3 Å². The smallest absolute Gasteiger partial charge is 0.219 e. The minimum atomic E-state index is -6.07. The predicted molar refractivity (Wildman–Crippen MR) is 193 cm³/mol. The van der Waals surface area contributed by atoms with Gasteiger partial charge in [0.25, 0.3) is 0 Å². The second kappa shape index (κ2) is 12.3. The molecule has 0 amide bonds. The normalized spacial score (nSPS) is 20.5. The summed E-state index contributed by atoms with van der Waals surface area (Å²) in [5.74, 6) is -18.4. The van der Waals surface area contributed by atoms with Crippen molar-refractivity contribution >= 4 is 30.8 Å². The molecule has 0 bridgehead atoms. The van der Waals surface area contributed by atoms with E-state index in [2.05, 4.69) is 0 Å². The summed E-state index contributed by atoms with van der Waals surface area (Å²) in [6, 6.07) is 24.6. The molecule has 0 saturated heterocycles. The average molecular weight is 769 g/mol. The SMILES string of the molecule is CC(C)CC1=C(C2=C(C3=C(CC(C)C)S(=O)(=O)c4cc(-c5ccccc5)ccc43)C(F)(F)C(F)(F)C2(F)F)c2ccc(-c3ccccc3)cc2S1(=O)=O. The van der Waals surface area contributed by atoms with Crippen LogP contribution in [0, 0.1) is 11.8 Å². The van der Waals surface area contributed by atoms with E-state index in [0.29, 0.717) is 22.3 Å². The van der Waals surface area contributed by atoms with Gasteiger partial charge in [0.1, 0.15) is 0 Å². The topological polar surface area (TPSA) is 68.3 Å². The number of allylic oxidation sites excluding steroid dienone is 6. The monoisotopic (exact) mass is 768 g/mol. The molecule has 2 aliphatic heterocycles. The lowest BCUT2D eigenvalue weighted by atomic mass is 9.85. The van der Waals surface area contributed by atoms with Crippen molar-refractivity contribution in [3.63, 3.8) is 0 Å². The van der Waals surface area contributed by atoms with Gasteiger partial charge in [-0.15, -0.1) is 0 Å². The van der Waals surface area contributed by atoms with E-state index in [1.165, 1.54) is 36.4 Å². The molecule has 4 nitrogen and oxygen atoms in total. The van der Waals surface area contributed by atoms with Crippen molar-refractivity contribution < 1.29 is 43.2 Å². The molecule has 3 aliphatic rings. The van der Waals surface area contributed by atoms with Crippen molar-refractivity contribution in [1.29, 1.82) is 0 Å². The van der Waals surface area contributed by atoms with Gasteiger partial charge in [-0.1, -0.05) is 113 Å². The van der Waals surface area contributed by atoms with Crippen molar-refractivity contribution in [1.82, 2.24) is 0 Å². The van der Waals surface area contributed by atoms with Gasteiger partial charge in [0.15, 0.2) is 0 Å². The van der Waals surface area contributed by atoms with Crippen LogP contribution in [-0.2, 0) is 19.7 Å². The molecule has 7 rings (SSSR count). The van der Waals surface area contributed by atoms with Crippen LogP contribution in [0.1, 0.15) is 51.7 Å². The molecule has 0 atom stereocenters. The lowest BCUT2D eigenvalue weighted by Crippen LogP contribution is -2.49. The molecule has 12 heteroatoms. The Morgan fingerprint density at radius 3 is 1.15 bits per heavy atom. The van der Waals surface area contributed by atoms with Gasteiger partial charge in [-0.2, -0.15) is 26.3 Å². The molecule has 2 heterocycles. The van der Waals surface area contributed by atoms with Crippen LogP contribution in [0.2, 0.25) is 0 Å². The highest BCUT2D eigenvalue weighted by molar-refractivity contribution is 7.96. The van der Waals surface area contributed by atoms with Crippen LogP contribution in [-0.4, -0.2) is 34.6 Å². The Morgan fingerprint density at radius 2 is 0.830 bits per heavy atom. The molecule has 0 radical (unpaired) electrons. The van der Waals surface area contributed by atoms with Gasteiger partial charge < -0.3 is 0 Å². The van der Waals surface area contributed by atoms with Crippen molar-refractivity contribution in [3.05, 3.63) is 129 Å². The van der Waals surface area contributed by atoms with Crippen LogP contribution < -0.4 is 0 Å². The molecule has 0 fully saturated rings. The van der Waals surface area contributed by atoms with Crippen LogP contribution in [0.25, 0.3) is 33.4 Å². The summed E-state index contributed by atoms with van der Waals surface area (Å²) in [6.07, 6.45) is -0.880. The number of halogens is 6. The first-order valence-corrected chi connectivity index (χ1v) is 20.0. The molecule has 276 valence electrons. The summed E-state index contributed by atoms with van der Waals surface area (Å²) >= 11 is 0. The average Bonchev–Trinajstić information content (AvgIpc) is 3.48. The highest BCUT2D eigenvalue weighted by atomic mass is 32.2. The minimum Gasteiger partial charge on any atom is -0.219 e. The summed E-state index contributed by atoms with van der Waals surface area (Å²) in [5, 5.41) is 0. The number of rotatable bonds is 8. The molecule has 1 aliphatic carbocycles. The summed E-state index contributed by atoms with van der Waals surface area (Å²) in [4.78, 5) is -2.40. The summed E-state index contributed by atoms with van der Waals surface area (Å²) in [5.41, 5.74) is -4.67. The van der Waals surface area contributed by atoms with Crippen LogP contribution in [0.5, 0.6) is 0 Å². The zero-order valence-electron chi connectivity index (χ0n) is 29.0. The number of benzene rings is 4. The number of fused-ring (bicyclic) bond motifs is 2. The van der Waals surface area contributed by atoms with Gasteiger partial charge in [0, 0.05) is 33.4 Å². The van der Waals surface area contributed by atoms with Gasteiger partial charge in [0.2, 0.25) is 19.7 Å². The largest absolute Gasteiger partial charge is 0.380 e. The maximum atomic E-state index is 16.6. The van der Waals surface area contributed by atoms with Crippen molar-refractivity contribution in [2.45, 2.75) is 68.1 Å². The second-order valence-corrected chi connectivity index (χ2v) is 18.3. The lowest BCUT2D eigenvalue weighted by Gasteiger charge is -2.26. The first kappa shape index (κ1) is 36.9. The van der Waals surface area contributed by atoms with E-state index in [4.69, 9.17) is 0 Å². The Balaban J connectivity index is 1.61. The van der Waals surface area contributed by atoms with Gasteiger partial charge in [0.05, 0.1) is 19.6 Å². The molecular formula is C41H34F6O4S2. The number of alkyl halides is 6. The predicted octanol–water partition coefficient (Wildman–Crippen LogP) is 11.0. The van der Waals surface area contributed by atoms with Gasteiger partial charge in [-0.25, -0.2) is 16.8 Å². The Kier molecular flexibility index (Phi) is 8.57. The molecule has 4 aromatic carbocycles. The summed E-state index contributed by atoms with van der Waals surface area (Å²) in [7, 11) is -9.39. The zero-order valence-corrected chi connectivity index (χ0v) is 30.7. The minimum absolute atomic E-state index is 0.369. The Labute approximate surface area is 304 Å². The number of hydrogen-bond donors (Lipinski definition) is 0. The first-order valence-electron chi connectivity index (χ1n) is 17.0. The molecule has 4 aromatic rings. The lowest BCUT2D eigenvalue weighted by molar-refractivity contribution is -0.263. The molecular weight excluding hydrogens is 735 g/mol.